The lowest BCUT2D eigenvalue weighted by atomic mass is 9.99. The molecule has 0 saturated carbocycles. The summed E-state index contributed by atoms with van der Waals surface area (Å²) in [4.78, 5) is 15.3. The molecule has 1 rings (SSSR count). The van der Waals surface area contributed by atoms with Crippen LogP contribution in [0.25, 0.3) is 0 Å². The van der Waals surface area contributed by atoms with E-state index in [4.69, 9.17) is 5.26 Å². The van der Waals surface area contributed by atoms with Gasteiger partial charge in [-0.1, -0.05) is 0 Å². The first-order valence-electron chi connectivity index (χ1n) is 5.95. The molecule has 4 nitrogen and oxygen atoms in total. The number of carbonyl (C=O) groups is 1. The molecule has 1 heterocycles. The molecule has 1 aliphatic rings. The zero-order valence-corrected chi connectivity index (χ0v) is 10.3. The van der Waals surface area contributed by atoms with Crippen molar-refractivity contribution >= 4 is 5.91 Å². The van der Waals surface area contributed by atoms with Crippen molar-refractivity contribution in [1.82, 2.24) is 9.80 Å². The summed E-state index contributed by atoms with van der Waals surface area (Å²) in [6.45, 7) is 2.90. The number of rotatable bonds is 4. The van der Waals surface area contributed by atoms with Crippen molar-refractivity contribution in [3.63, 3.8) is 0 Å². The van der Waals surface area contributed by atoms with Crippen molar-refractivity contribution < 1.29 is 4.79 Å². The molecule has 1 unspecified atom stereocenters. The Morgan fingerprint density at radius 1 is 1.56 bits per heavy atom. The van der Waals surface area contributed by atoms with Crippen LogP contribution in [-0.4, -0.2) is 49.4 Å². The number of carbonyl (C=O) groups excluding carboxylic acids is 1. The monoisotopic (exact) mass is 223 g/mol. The van der Waals surface area contributed by atoms with Gasteiger partial charge in [-0.05, 0) is 32.4 Å². The van der Waals surface area contributed by atoms with Gasteiger partial charge in [0.1, 0.15) is 0 Å². The van der Waals surface area contributed by atoms with E-state index in [9.17, 15) is 4.79 Å². The van der Waals surface area contributed by atoms with Crippen LogP contribution in [0.15, 0.2) is 0 Å². The maximum absolute atomic E-state index is 11.4. The number of hydrogen-bond acceptors (Lipinski definition) is 3. The summed E-state index contributed by atoms with van der Waals surface area (Å²) >= 11 is 0. The fraction of sp³-hybridized carbons (Fsp3) is 0.833. The van der Waals surface area contributed by atoms with Crippen molar-refractivity contribution in [1.29, 1.82) is 5.26 Å². The fourth-order valence-electron chi connectivity index (χ4n) is 2.04. The molecule has 1 atom stereocenters. The zero-order valence-electron chi connectivity index (χ0n) is 10.3. The number of piperidine rings is 1. The maximum atomic E-state index is 11.4. The molecule has 1 saturated heterocycles. The molecule has 0 aliphatic carbocycles. The summed E-state index contributed by atoms with van der Waals surface area (Å²) in [5.41, 5.74) is 0. The van der Waals surface area contributed by atoms with Crippen LogP contribution < -0.4 is 0 Å². The maximum Gasteiger partial charge on any atom is 0.222 e. The van der Waals surface area contributed by atoms with Gasteiger partial charge in [0.05, 0.1) is 12.0 Å². The molecule has 0 aromatic rings. The van der Waals surface area contributed by atoms with Gasteiger partial charge in [0.2, 0.25) is 5.91 Å². The minimum Gasteiger partial charge on any atom is -0.349 e. The van der Waals surface area contributed by atoms with Gasteiger partial charge in [0, 0.05) is 27.1 Å². The quantitative estimate of drug-likeness (QED) is 0.717. The third-order valence-electron chi connectivity index (χ3n) is 3.05. The number of likely N-dealkylation sites (tertiary alicyclic amines) is 1. The SMILES string of the molecule is CN(C)C(=O)CCCN1CCCC(C#N)C1. The normalized spacial score (nSPS) is 21.4. The number of nitrogens with zero attached hydrogens (tertiary/aromatic N) is 3. The number of nitriles is 1. The molecule has 1 aliphatic heterocycles. The van der Waals surface area contributed by atoms with Crippen molar-refractivity contribution in [3.05, 3.63) is 0 Å². The first kappa shape index (κ1) is 13.0. The van der Waals surface area contributed by atoms with Gasteiger partial charge in [-0.15, -0.1) is 0 Å². The third kappa shape index (κ3) is 4.19. The Hall–Kier alpha value is -1.08. The van der Waals surface area contributed by atoms with Gasteiger partial charge in [-0.3, -0.25) is 4.79 Å². The highest BCUT2D eigenvalue weighted by atomic mass is 16.2. The minimum absolute atomic E-state index is 0.189. The molecule has 1 fully saturated rings. The highest BCUT2D eigenvalue weighted by Gasteiger charge is 2.19. The van der Waals surface area contributed by atoms with Gasteiger partial charge < -0.3 is 9.80 Å². The molecule has 0 bridgehead atoms. The highest BCUT2D eigenvalue weighted by Crippen LogP contribution is 2.15. The van der Waals surface area contributed by atoms with E-state index in [0.717, 1.165) is 38.9 Å². The van der Waals surface area contributed by atoms with Gasteiger partial charge >= 0.3 is 0 Å². The molecule has 0 aromatic heterocycles. The van der Waals surface area contributed by atoms with E-state index in [1.165, 1.54) is 0 Å². The van der Waals surface area contributed by atoms with Crippen molar-refractivity contribution in [3.8, 4) is 6.07 Å². The van der Waals surface area contributed by atoms with E-state index < -0.39 is 0 Å². The topological polar surface area (TPSA) is 47.3 Å². The van der Waals surface area contributed by atoms with Crippen LogP contribution in [0.1, 0.15) is 25.7 Å². The Morgan fingerprint density at radius 2 is 2.31 bits per heavy atom. The minimum atomic E-state index is 0.189. The second-order valence-electron chi connectivity index (χ2n) is 4.66. The summed E-state index contributed by atoms with van der Waals surface area (Å²) in [5.74, 6) is 0.382. The van der Waals surface area contributed by atoms with Crippen LogP contribution in [0.5, 0.6) is 0 Å². The Morgan fingerprint density at radius 3 is 2.94 bits per heavy atom. The summed E-state index contributed by atoms with van der Waals surface area (Å²) in [7, 11) is 3.57. The smallest absolute Gasteiger partial charge is 0.222 e. The van der Waals surface area contributed by atoms with Crippen molar-refractivity contribution in [2.75, 3.05) is 33.7 Å². The molecule has 0 N–H and O–H groups in total. The molecule has 4 heteroatoms. The fourth-order valence-corrected chi connectivity index (χ4v) is 2.04. The van der Waals surface area contributed by atoms with Crippen molar-refractivity contribution in [2.45, 2.75) is 25.7 Å². The van der Waals surface area contributed by atoms with Crippen LogP contribution in [0, 0.1) is 17.2 Å². The van der Waals surface area contributed by atoms with E-state index in [1.54, 1.807) is 19.0 Å². The van der Waals surface area contributed by atoms with E-state index in [1.807, 2.05) is 0 Å². The molecule has 1 amide bonds. The average Bonchev–Trinajstić information content (AvgIpc) is 2.29. The van der Waals surface area contributed by atoms with Gasteiger partial charge in [0.15, 0.2) is 0 Å². The molecule has 0 aromatic carbocycles. The summed E-state index contributed by atoms with van der Waals surface area (Å²) in [6, 6.07) is 2.33. The standard InChI is InChI=1S/C12H21N3O/c1-14(2)12(16)6-4-8-15-7-3-5-11(9-13)10-15/h11H,3-8,10H2,1-2H3. The van der Waals surface area contributed by atoms with E-state index in [-0.39, 0.29) is 11.8 Å². The zero-order chi connectivity index (χ0) is 12.0. The van der Waals surface area contributed by atoms with Gasteiger partial charge in [0.25, 0.3) is 0 Å². The van der Waals surface area contributed by atoms with Crippen LogP contribution in [0.3, 0.4) is 0 Å². The lowest BCUT2D eigenvalue weighted by molar-refractivity contribution is -0.128. The number of hydrogen-bond donors (Lipinski definition) is 0. The first-order valence-corrected chi connectivity index (χ1v) is 5.95. The second kappa shape index (κ2) is 6.49. The Bertz CT molecular complexity index is 270. The highest BCUT2D eigenvalue weighted by molar-refractivity contribution is 5.75. The van der Waals surface area contributed by atoms with Crippen LogP contribution in [0.4, 0.5) is 0 Å². The predicted octanol–water partition coefficient (Wildman–Crippen LogP) is 1.09. The van der Waals surface area contributed by atoms with E-state index in [0.29, 0.717) is 6.42 Å². The Kier molecular flexibility index (Phi) is 5.27. The van der Waals surface area contributed by atoms with Gasteiger partial charge in [-0.25, -0.2) is 0 Å². The average molecular weight is 223 g/mol. The largest absolute Gasteiger partial charge is 0.349 e. The first-order chi connectivity index (χ1) is 7.63. The Labute approximate surface area is 97.8 Å². The van der Waals surface area contributed by atoms with Crippen molar-refractivity contribution in [2.24, 2.45) is 5.92 Å². The molecular formula is C12H21N3O. The second-order valence-corrected chi connectivity index (χ2v) is 4.66. The van der Waals surface area contributed by atoms with E-state index in [2.05, 4.69) is 11.0 Å². The van der Waals surface area contributed by atoms with Crippen LogP contribution >= 0.6 is 0 Å². The van der Waals surface area contributed by atoms with Crippen LogP contribution in [-0.2, 0) is 4.79 Å². The molecular weight excluding hydrogens is 202 g/mol. The predicted molar refractivity (Wildman–Crippen MR) is 62.7 cm³/mol. The summed E-state index contributed by atoms with van der Waals surface area (Å²) in [5, 5.41) is 8.86. The number of amides is 1. The molecule has 0 spiro atoms. The lowest BCUT2D eigenvalue weighted by Crippen LogP contribution is -2.36. The summed E-state index contributed by atoms with van der Waals surface area (Å²) in [6.07, 6.45) is 3.65. The van der Waals surface area contributed by atoms with E-state index >= 15 is 0 Å². The summed E-state index contributed by atoms with van der Waals surface area (Å²) < 4.78 is 0. The van der Waals surface area contributed by atoms with Crippen LogP contribution in [0.2, 0.25) is 0 Å². The Balaban J connectivity index is 2.18. The molecule has 0 radical (unpaired) electrons. The van der Waals surface area contributed by atoms with Gasteiger partial charge in [-0.2, -0.15) is 5.26 Å². The molecule has 90 valence electrons. The third-order valence-corrected chi connectivity index (χ3v) is 3.05. The molecule has 16 heavy (non-hydrogen) atoms. The lowest BCUT2D eigenvalue weighted by Gasteiger charge is -2.29.